The summed E-state index contributed by atoms with van der Waals surface area (Å²) in [6.07, 6.45) is 1.64. The first-order valence-corrected chi connectivity index (χ1v) is 6.79. The Bertz CT molecular complexity index is 427. The molecule has 0 saturated carbocycles. The Hall–Kier alpha value is -1.08. The van der Waals surface area contributed by atoms with Crippen LogP contribution in [-0.2, 0) is 10.8 Å². The van der Waals surface area contributed by atoms with Crippen LogP contribution in [0.2, 0.25) is 0 Å². The van der Waals surface area contributed by atoms with E-state index in [4.69, 9.17) is 18.0 Å². The van der Waals surface area contributed by atoms with Gasteiger partial charge in [-0.15, -0.1) is 0 Å². The lowest BCUT2D eigenvalue weighted by molar-refractivity contribution is 0.671. The molecule has 0 unspecified atom stereocenters. The number of aromatic nitrogens is 2. The minimum Gasteiger partial charge on any atom is -0.388 e. The Balaban J connectivity index is 2.17. The molecule has 16 heavy (non-hydrogen) atoms. The number of nitrogens with two attached hydrogens (primary N) is 1. The van der Waals surface area contributed by atoms with Crippen LogP contribution in [0, 0.1) is 0 Å². The first kappa shape index (κ1) is 11.4. The molecule has 0 amide bonds. The van der Waals surface area contributed by atoms with E-state index in [1.165, 1.54) is 0 Å². The molecule has 0 aromatic carbocycles. The molecule has 5 nitrogen and oxygen atoms in total. The molecule has 1 aromatic heterocycles. The maximum atomic E-state index is 11.2. The number of hydrogen-bond donors (Lipinski definition) is 1. The second kappa shape index (κ2) is 4.84. The Morgan fingerprint density at radius 1 is 1.50 bits per heavy atom. The van der Waals surface area contributed by atoms with Gasteiger partial charge in [0.25, 0.3) is 0 Å². The molecule has 0 radical (unpaired) electrons. The third-order valence-electron chi connectivity index (χ3n) is 2.36. The van der Waals surface area contributed by atoms with Crippen molar-refractivity contribution < 1.29 is 4.21 Å². The van der Waals surface area contributed by atoms with Crippen molar-refractivity contribution in [2.45, 2.75) is 0 Å². The normalized spacial score (nSPS) is 17.4. The molecule has 0 aliphatic carbocycles. The van der Waals surface area contributed by atoms with E-state index in [9.17, 15) is 4.21 Å². The van der Waals surface area contributed by atoms with Crippen molar-refractivity contribution in [3.8, 4) is 0 Å². The van der Waals surface area contributed by atoms with Crippen LogP contribution in [0.25, 0.3) is 0 Å². The molecule has 0 bridgehead atoms. The zero-order valence-corrected chi connectivity index (χ0v) is 10.3. The van der Waals surface area contributed by atoms with E-state index >= 15 is 0 Å². The summed E-state index contributed by atoms with van der Waals surface area (Å²) in [4.78, 5) is 10.7. The molecular weight excluding hydrogens is 244 g/mol. The highest BCUT2D eigenvalue weighted by Gasteiger charge is 2.17. The Kier molecular flexibility index (Phi) is 3.45. The third-order valence-corrected chi connectivity index (χ3v) is 3.84. The van der Waals surface area contributed by atoms with Crippen molar-refractivity contribution in [3.63, 3.8) is 0 Å². The second-order valence-electron chi connectivity index (χ2n) is 3.44. The fraction of sp³-hybridized carbons (Fsp3) is 0.444. The van der Waals surface area contributed by atoms with Gasteiger partial charge in [-0.05, 0) is 6.07 Å². The average molecular weight is 256 g/mol. The SMILES string of the molecule is NC(=S)c1ccnc(N2CCS(=O)CC2)n1. The molecular formula is C9H12N4OS2. The summed E-state index contributed by atoms with van der Waals surface area (Å²) in [5.74, 6) is 1.95. The molecule has 7 heteroatoms. The average Bonchev–Trinajstić information content (AvgIpc) is 2.30. The van der Waals surface area contributed by atoms with Gasteiger partial charge in [-0.2, -0.15) is 0 Å². The summed E-state index contributed by atoms with van der Waals surface area (Å²) in [6, 6.07) is 1.69. The molecule has 1 aromatic rings. The Morgan fingerprint density at radius 2 is 2.19 bits per heavy atom. The van der Waals surface area contributed by atoms with Gasteiger partial charge in [0, 0.05) is 41.6 Å². The van der Waals surface area contributed by atoms with Gasteiger partial charge in [0.15, 0.2) is 0 Å². The van der Waals surface area contributed by atoms with Gasteiger partial charge < -0.3 is 10.6 Å². The number of thiocarbonyl (C=S) groups is 1. The zero-order chi connectivity index (χ0) is 11.5. The molecule has 2 heterocycles. The van der Waals surface area contributed by atoms with E-state index in [1.807, 2.05) is 4.90 Å². The second-order valence-corrected chi connectivity index (χ2v) is 5.58. The molecule has 2 N–H and O–H groups in total. The molecule has 2 rings (SSSR count). The predicted octanol–water partition coefficient (Wildman–Crippen LogP) is -0.321. The van der Waals surface area contributed by atoms with Gasteiger partial charge in [0.05, 0.1) is 0 Å². The van der Waals surface area contributed by atoms with Crippen LogP contribution >= 0.6 is 12.2 Å². The highest BCUT2D eigenvalue weighted by atomic mass is 32.2. The van der Waals surface area contributed by atoms with E-state index in [0.717, 1.165) is 0 Å². The van der Waals surface area contributed by atoms with E-state index in [0.29, 0.717) is 36.2 Å². The van der Waals surface area contributed by atoms with Crippen molar-refractivity contribution in [2.24, 2.45) is 5.73 Å². The summed E-state index contributed by atoms with van der Waals surface area (Å²) in [5, 5.41) is 0. The summed E-state index contributed by atoms with van der Waals surface area (Å²) in [5.41, 5.74) is 6.08. The fourth-order valence-corrected chi connectivity index (χ4v) is 2.64. The highest BCUT2D eigenvalue weighted by Crippen LogP contribution is 2.10. The van der Waals surface area contributed by atoms with Crippen LogP contribution in [0.3, 0.4) is 0 Å². The monoisotopic (exact) mass is 256 g/mol. The smallest absolute Gasteiger partial charge is 0.225 e. The van der Waals surface area contributed by atoms with Gasteiger partial charge in [-0.1, -0.05) is 12.2 Å². The summed E-state index contributed by atoms with van der Waals surface area (Å²) in [7, 11) is -0.697. The lowest BCUT2D eigenvalue weighted by atomic mass is 10.4. The van der Waals surface area contributed by atoms with Crippen LogP contribution in [0.15, 0.2) is 12.3 Å². The van der Waals surface area contributed by atoms with Gasteiger partial charge in [-0.3, -0.25) is 4.21 Å². The fourth-order valence-electron chi connectivity index (χ4n) is 1.48. The van der Waals surface area contributed by atoms with E-state index in [-0.39, 0.29) is 4.99 Å². The van der Waals surface area contributed by atoms with Gasteiger partial charge in [0.2, 0.25) is 5.95 Å². The maximum Gasteiger partial charge on any atom is 0.225 e. The van der Waals surface area contributed by atoms with Gasteiger partial charge >= 0.3 is 0 Å². The minimum atomic E-state index is -0.697. The topological polar surface area (TPSA) is 72.1 Å². The van der Waals surface area contributed by atoms with Crippen molar-refractivity contribution >= 4 is 34.0 Å². The van der Waals surface area contributed by atoms with Crippen molar-refractivity contribution in [3.05, 3.63) is 18.0 Å². The first-order chi connectivity index (χ1) is 7.66. The van der Waals surface area contributed by atoms with Crippen LogP contribution in [0.4, 0.5) is 5.95 Å². The molecule has 1 saturated heterocycles. The van der Waals surface area contributed by atoms with Crippen LogP contribution < -0.4 is 10.6 Å². The standard InChI is InChI=1S/C9H12N4OS2/c10-8(15)7-1-2-11-9(12-7)13-3-5-16(14)6-4-13/h1-2H,3-6H2,(H2,10,15). The number of anilines is 1. The largest absolute Gasteiger partial charge is 0.388 e. The minimum absolute atomic E-state index is 0.268. The molecule has 0 atom stereocenters. The van der Waals surface area contributed by atoms with Crippen LogP contribution in [0.1, 0.15) is 5.69 Å². The number of hydrogen-bond acceptors (Lipinski definition) is 5. The zero-order valence-electron chi connectivity index (χ0n) is 8.63. The lowest BCUT2D eigenvalue weighted by Crippen LogP contribution is -2.39. The highest BCUT2D eigenvalue weighted by molar-refractivity contribution is 7.85. The summed E-state index contributed by atoms with van der Waals surface area (Å²) < 4.78 is 11.2. The molecule has 0 spiro atoms. The summed E-state index contributed by atoms with van der Waals surface area (Å²) in [6.45, 7) is 1.43. The molecule has 1 fully saturated rings. The van der Waals surface area contributed by atoms with Gasteiger partial charge in [-0.25, -0.2) is 9.97 Å². The lowest BCUT2D eigenvalue weighted by Gasteiger charge is -2.26. The maximum absolute atomic E-state index is 11.2. The predicted molar refractivity (Wildman–Crippen MR) is 68.0 cm³/mol. The number of rotatable bonds is 2. The van der Waals surface area contributed by atoms with E-state index < -0.39 is 10.8 Å². The van der Waals surface area contributed by atoms with Gasteiger partial charge in [0.1, 0.15) is 10.7 Å². The molecule has 1 aliphatic heterocycles. The summed E-state index contributed by atoms with van der Waals surface area (Å²) >= 11 is 4.86. The van der Waals surface area contributed by atoms with Crippen molar-refractivity contribution in [1.29, 1.82) is 0 Å². The van der Waals surface area contributed by atoms with Crippen LogP contribution in [0.5, 0.6) is 0 Å². The van der Waals surface area contributed by atoms with Crippen molar-refractivity contribution in [1.82, 2.24) is 9.97 Å². The first-order valence-electron chi connectivity index (χ1n) is 4.89. The quantitative estimate of drug-likeness (QED) is 0.731. The Morgan fingerprint density at radius 3 is 2.81 bits per heavy atom. The molecule has 1 aliphatic rings. The number of nitrogens with zero attached hydrogens (tertiary/aromatic N) is 3. The van der Waals surface area contributed by atoms with Crippen LogP contribution in [-0.4, -0.2) is 43.8 Å². The van der Waals surface area contributed by atoms with Crippen molar-refractivity contribution in [2.75, 3.05) is 29.5 Å². The third kappa shape index (κ3) is 2.53. The van der Waals surface area contributed by atoms with E-state index in [1.54, 1.807) is 12.3 Å². The van der Waals surface area contributed by atoms with E-state index in [2.05, 4.69) is 9.97 Å². The molecule has 86 valence electrons. The Labute approximate surface area is 102 Å².